The summed E-state index contributed by atoms with van der Waals surface area (Å²) in [5.74, 6) is -1.05. The monoisotopic (exact) mass is 440 g/mol. The van der Waals surface area contributed by atoms with E-state index in [-0.39, 0.29) is 11.5 Å². The lowest BCUT2D eigenvalue weighted by molar-refractivity contribution is -0.144. The van der Waals surface area contributed by atoms with Gasteiger partial charge in [-0.1, -0.05) is 70.4 Å². The van der Waals surface area contributed by atoms with Crippen molar-refractivity contribution in [3.05, 3.63) is 24.0 Å². The van der Waals surface area contributed by atoms with Crippen molar-refractivity contribution in [2.75, 3.05) is 21.3 Å². The molecule has 0 aromatic heterocycles. The van der Waals surface area contributed by atoms with E-state index in [4.69, 9.17) is 14.2 Å². The van der Waals surface area contributed by atoms with Crippen LogP contribution in [0.3, 0.4) is 0 Å². The van der Waals surface area contributed by atoms with Gasteiger partial charge in [0.05, 0.1) is 7.11 Å². The van der Waals surface area contributed by atoms with Gasteiger partial charge in [0.25, 0.3) is 0 Å². The number of hydrogen-bond acceptors (Lipinski definition) is 6. The van der Waals surface area contributed by atoms with Crippen LogP contribution in [0.5, 0.6) is 0 Å². The highest BCUT2D eigenvalue weighted by atomic mass is 16.7. The molecule has 6 heteroatoms. The van der Waals surface area contributed by atoms with Gasteiger partial charge >= 0.3 is 11.9 Å². The highest BCUT2D eigenvalue weighted by molar-refractivity contribution is 5.89. The largest absolute Gasteiger partial charge is 0.465 e. The first-order valence-corrected chi connectivity index (χ1v) is 11.8. The van der Waals surface area contributed by atoms with E-state index in [0.717, 1.165) is 31.9 Å². The maximum atomic E-state index is 11.9. The van der Waals surface area contributed by atoms with Gasteiger partial charge in [0.1, 0.15) is 11.8 Å². The van der Waals surface area contributed by atoms with Crippen LogP contribution in [0.4, 0.5) is 0 Å². The van der Waals surface area contributed by atoms with Gasteiger partial charge in [-0.15, -0.1) is 0 Å². The summed E-state index contributed by atoms with van der Waals surface area (Å²) in [6.45, 7) is 2.25. The Morgan fingerprint density at radius 2 is 1.26 bits per heavy atom. The van der Waals surface area contributed by atoms with Gasteiger partial charge in [0.15, 0.2) is 6.29 Å². The van der Waals surface area contributed by atoms with Crippen molar-refractivity contribution in [1.29, 1.82) is 0 Å². The Morgan fingerprint density at radius 1 is 0.742 bits per heavy atom. The smallest absolute Gasteiger partial charge is 0.342 e. The molecule has 0 unspecified atom stereocenters. The fraction of sp³-hybridized carbons (Fsp3) is 0.760. The zero-order valence-corrected chi connectivity index (χ0v) is 20.2. The van der Waals surface area contributed by atoms with Crippen LogP contribution in [0.2, 0.25) is 0 Å². The summed E-state index contributed by atoms with van der Waals surface area (Å²) in [6.07, 6.45) is 20.7. The molecule has 0 heterocycles. The molecule has 0 fully saturated rings. The Balaban J connectivity index is 3.77. The van der Waals surface area contributed by atoms with Gasteiger partial charge in [-0.3, -0.25) is 4.79 Å². The van der Waals surface area contributed by atoms with E-state index in [1.165, 1.54) is 79.1 Å². The van der Waals surface area contributed by atoms with Crippen molar-refractivity contribution in [2.45, 2.75) is 103 Å². The van der Waals surface area contributed by atoms with E-state index in [0.29, 0.717) is 6.42 Å². The molecule has 0 N–H and O–H groups in total. The first-order chi connectivity index (χ1) is 15.1. The highest BCUT2D eigenvalue weighted by Gasteiger charge is 2.22. The molecule has 0 aliphatic carbocycles. The summed E-state index contributed by atoms with van der Waals surface area (Å²) in [7, 11) is 4.02. The lowest BCUT2D eigenvalue weighted by Gasteiger charge is -2.15. The number of esters is 2. The van der Waals surface area contributed by atoms with Crippen molar-refractivity contribution >= 4 is 11.9 Å². The van der Waals surface area contributed by atoms with Gasteiger partial charge in [0, 0.05) is 20.6 Å². The molecule has 0 aliphatic rings. The molecule has 0 amide bonds. The fourth-order valence-corrected chi connectivity index (χ4v) is 3.20. The topological polar surface area (TPSA) is 71.1 Å². The minimum absolute atomic E-state index is 0.00500. The summed E-state index contributed by atoms with van der Waals surface area (Å²) in [4.78, 5) is 23.6. The molecule has 180 valence electrons. The third-order valence-electron chi connectivity index (χ3n) is 5.06. The van der Waals surface area contributed by atoms with Crippen LogP contribution in [-0.2, 0) is 28.5 Å². The lowest BCUT2D eigenvalue weighted by atomic mass is 10.1. The third-order valence-corrected chi connectivity index (χ3v) is 5.06. The third kappa shape index (κ3) is 16.7. The molecule has 6 nitrogen and oxygen atoms in total. The first-order valence-electron chi connectivity index (χ1n) is 11.8. The number of methoxy groups -OCH3 is 3. The second-order valence-corrected chi connectivity index (χ2v) is 7.69. The maximum Gasteiger partial charge on any atom is 0.342 e. The van der Waals surface area contributed by atoms with Crippen LogP contribution in [-0.4, -0.2) is 39.6 Å². The molecular weight excluding hydrogens is 396 g/mol. The molecule has 0 bridgehead atoms. The molecule has 0 saturated heterocycles. The molecule has 31 heavy (non-hydrogen) atoms. The average molecular weight is 441 g/mol. The molecule has 0 aromatic carbocycles. The maximum absolute atomic E-state index is 11.9. The summed E-state index contributed by atoms with van der Waals surface area (Å²) in [5.41, 5.74) is 0.00500. The zero-order chi connectivity index (χ0) is 23.2. The summed E-state index contributed by atoms with van der Waals surface area (Å²) >= 11 is 0. The fourth-order valence-electron chi connectivity index (χ4n) is 3.20. The van der Waals surface area contributed by atoms with Crippen LogP contribution in [0.25, 0.3) is 0 Å². The van der Waals surface area contributed by atoms with E-state index in [2.05, 4.69) is 23.8 Å². The van der Waals surface area contributed by atoms with Crippen molar-refractivity contribution in [3.63, 3.8) is 0 Å². The molecule has 0 rings (SSSR count). The minimum Gasteiger partial charge on any atom is -0.465 e. The van der Waals surface area contributed by atoms with Crippen LogP contribution in [0.15, 0.2) is 24.0 Å². The lowest BCUT2D eigenvalue weighted by Crippen LogP contribution is -2.24. The second kappa shape index (κ2) is 21.6. The molecular formula is C25H44O6. The van der Waals surface area contributed by atoms with Gasteiger partial charge in [-0.25, -0.2) is 4.79 Å². The van der Waals surface area contributed by atoms with Crippen molar-refractivity contribution in [2.24, 2.45) is 0 Å². The molecule has 0 aromatic rings. The summed E-state index contributed by atoms with van der Waals surface area (Å²) < 4.78 is 19.8. The number of hydrogen-bond donors (Lipinski definition) is 0. The number of carbonyl (C=O) groups is 2. The van der Waals surface area contributed by atoms with Crippen LogP contribution in [0.1, 0.15) is 96.8 Å². The number of allylic oxidation sites excluding steroid dienone is 2. The van der Waals surface area contributed by atoms with Gasteiger partial charge < -0.3 is 18.9 Å². The Morgan fingerprint density at radius 3 is 1.77 bits per heavy atom. The van der Waals surface area contributed by atoms with E-state index in [1.54, 1.807) is 0 Å². The zero-order valence-electron chi connectivity index (χ0n) is 20.2. The van der Waals surface area contributed by atoms with Crippen molar-refractivity contribution in [3.8, 4) is 0 Å². The highest BCUT2D eigenvalue weighted by Crippen LogP contribution is 2.12. The van der Waals surface area contributed by atoms with Gasteiger partial charge in [-0.05, 0) is 32.1 Å². The molecule has 0 aliphatic heterocycles. The summed E-state index contributed by atoms with van der Waals surface area (Å²) in [5, 5.41) is 0. The second-order valence-electron chi connectivity index (χ2n) is 7.69. The number of rotatable bonds is 20. The van der Waals surface area contributed by atoms with Gasteiger partial charge in [0.2, 0.25) is 0 Å². The Bertz CT molecular complexity index is 508. The van der Waals surface area contributed by atoms with E-state index >= 15 is 0 Å². The minimum atomic E-state index is -0.944. The predicted octanol–water partition coefficient (Wildman–Crippen LogP) is 6.24. The van der Waals surface area contributed by atoms with Crippen molar-refractivity contribution in [1.82, 2.24) is 0 Å². The number of ether oxygens (including phenoxy) is 4. The average Bonchev–Trinajstić information content (AvgIpc) is 2.78. The Labute approximate surface area is 189 Å². The first kappa shape index (κ1) is 29.3. The normalized spacial score (nSPS) is 12.0. The number of unbranched alkanes of at least 4 members (excludes halogenated alkanes) is 11. The van der Waals surface area contributed by atoms with E-state index in [9.17, 15) is 9.59 Å². The molecule has 0 atom stereocenters. The molecule has 0 spiro atoms. The summed E-state index contributed by atoms with van der Waals surface area (Å²) in [6, 6.07) is 0. The van der Waals surface area contributed by atoms with Gasteiger partial charge in [-0.2, -0.15) is 0 Å². The standard InChI is InChI=1S/C25H44O6/c1-5-6-7-8-9-10-11-12-13-14-15-16-17-18-19-20-23(26)31-21-22(24(27)28-2)25(29-3)30-4/h12-13,21,25H,5-11,14-20H2,1-4H3/b13-12-,22-21+. The quantitative estimate of drug-likeness (QED) is 0.0557. The van der Waals surface area contributed by atoms with Crippen LogP contribution < -0.4 is 0 Å². The molecule has 0 saturated carbocycles. The predicted molar refractivity (Wildman–Crippen MR) is 123 cm³/mol. The molecule has 0 radical (unpaired) electrons. The van der Waals surface area contributed by atoms with E-state index in [1.807, 2.05) is 0 Å². The number of carbonyl (C=O) groups excluding carboxylic acids is 2. The van der Waals surface area contributed by atoms with Crippen LogP contribution in [0, 0.1) is 0 Å². The Kier molecular flexibility index (Phi) is 20.4. The van der Waals surface area contributed by atoms with E-state index < -0.39 is 12.3 Å². The SMILES string of the molecule is CCCCCCCC/C=C\CCCCCCCC(=O)O/C=C(\C(=O)OC)C(OC)OC. The Hall–Kier alpha value is -1.66. The van der Waals surface area contributed by atoms with Crippen molar-refractivity contribution < 1.29 is 28.5 Å². The van der Waals surface area contributed by atoms with Crippen LogP contribution >= 0.6 is 0 Å².